The van der Waals surface area contributed by atoms with Crippen LogP contribution in [0, 0.1) is 0 Å². The maximum Gasteiger partial charge on any atom is 0.311 e. The zero-order chi connectivity index (χ0) is 11.1. The molecule has 0 aromatic rings. The van der Waals surface area contributed by atoms with E-state index in [1.54, 1.807) is 0 Å². The van der Waals surface area contributed by atoms with Gasteiger partial charge in [-0.15, -0.1) is 0 Å². The minimum absolute atomic E-state index is 0.0515. The quantitative estimate of drug-likeness (QED) is 0.445. The van der Waals surface area contributed by atoms with E-state index in [0.717, 1.165) is 13.1 Å². The Bertz CT molecular complexity index is 283. The summed E-state index contributed by atoms with van der Waals surface area (Å²) in [5, 5.41) is 0. The average molecular weight is 237 g/mol. The van der Waals surface area contributed by atoms with Crippen molar-refractivity contribution >= 4 is 16.6 Å². The summed E-state index contributed by atoms with van der Waals surface area (Å²) < 4.78 is 31.1. The van der Waals surface area contributed by atoms with Gasteiger partial charge in [0.05, 0.1) is 19.0 Å². The highest BCUT2D eigenvalue weighted by Crippen LogP contribution is 2.00. The van der Waals surface area contributed by atoms with Crippen molar-refractivity contribution in [1.82, 2.24) is 4.90 Å². The van der Waals surface area contributed by atoms with E-state index in [0.29, 0.717) is 26.2 Å². The molecule has 15 heavy (non-hydrogen) atoms. The van der Waals surface area contributed by atoms with E-state index < -0.39 is 10.1 Å². The van der Waals surface area contributed by atoms with Crippen LogP contribution in [0.25, 0.3) is 0 Å². The minimum Gasteiger partial charge on any atom is -0.379 e. The largest absolute Gasteiger partial charge is 0.379 e. The molecule has 7 heteroatoms. The summed E-state index contributed by atoms with van der Waals surface area (Å²) in [5.41, 5.74) is 0. The molecule has 0 unspecified atom stereocenters. The molecule has 0 amide bonds. The van der Waals surface area contributed by atoms with E-state index in [9.17, 15) is 13.2 Å². The highest BCUT2D eigenvalue weighted by atomic mass is 32.2. The number of nitrogens with zero attached hydrogens (tertiary/aromatic N) is 1. The molecule has 1 saturated heterocycles. The molecule has 88 valence electrons. The molecule has 0 atom stereocenters. The van der Waals surface area contributed by atoms with Gasteiger partial charge in [-0.3, -0.25) is 9.69 Å². The third kappa shape index (κ3) is 5.10. The van der Waals surface area contributed by atoms with E-state index in [2.05, 4.69) is 9.08 Å². The molecule has 0 saturated carbocycles. The van der Waals surface area contributed by atoms with Crippen molar-refractivity contribution in [2.75, 3.05) is 38.6 Å². The predicted molar refractivity (Wildman–Crippen MR) is 52.8 cm³/mol. The standard InChI is InChI=1S/C8H15NO5S/c10-8-14-15(11,12)7-1-2-9-3-5-13-6-4-9/h8H,1-7H2. The lowest BCUT2D eigenvalue weighted by molar-refractivity contribution is -0.120. The topological polar surface area (TPSA) is 72.9 Å². The Morgan fingerprint density at radius 3 is 2.60 bits per heavy atom. The third-order valence-corrected chi connectivity index (χ3v) is 3.32. The predicted octanol–water partition coefficient (Wildman–Crippen LogP) is -0.788. The molecule has 0 N–H and O–H groups in total. The Morgan fingerprint density at radius 1 is 1.33 bits per heavy atom. The first kappa shape index (κ1) is 12.4. The third-order valence-electron chi connectivity index (χ3n) is 2.16. The molecule has 0 aromatic heterocycles. The van der Waals surface area contributed by atoms with Crippen molar-refractivity contribution in [3.63, 3.8) is 0 Å². The van der Waals surface area contributed by atoms with Crippen molar-refractivity contribution in [1.29, 1.82) is 0 Å². The number of carbonyl (C=O) groups excluding carboxylic acids is 1. The fourth-order valence-corrected chi connectivity index (χ4v) is 2.10. The molecular formula is C8H15NO5S. The van der Waals surface area contributed by atoms with E-state index in [4.69, 9.17) is 4.74 Å². The molecule has 6 nitrogen and oxygen atoms in total. The molecule has 1 heterocycles. The Labute approximate surface area is 89.3 Å². The molecular weight excluding hydrogens is 222 g/mol. The lowest BCUT2D eigenvalue weighted by Gasteiger charge is -2.26. The zero-order valence-electron chi connectivity index (χ0n) is 8.42. The highest BCUT2D eigenvalue weighted by Gasteiger charge is 2.14. The fourth-order valence-electron chi connectivity index (χ4n) is 1.40. The fraction of sp³-hybridized carbons (Fsp3) is 0.875. The zero-order valence-corrected chi connectivity index (χ0v) is 9.24. The summed E-state index contributed by atoms with van der Waals surface area (Å²) in [6.45, 7) is 3.67. The van der Waals surface area contributed by atoms with Crippen molar-refractivity contribution in [3.8, 4) is 0 Å². The molecule has 0 spiro atoms. The molecule has 1 aliphatic heterocycles. The van der Waals surface area contributed by atoms with Crippen molar-refractivity contribution in [2.24, 2.45) is 0 Å². The first-order valence-corrected chi connectivity index (χ1v) is 6.36. The monoisotopic (exact) mass is 237 g/mol. The summed E-state index contributed by atoms with van der Waals surface area (Å²) in [6.07, 6.45) is 0.468. The molecule has 1 fully saturated rings. The molecule has 0 aliphatic carbocycles. The second-order valence-corrected chi connectivity index (χ2v) is 4.98. The van der Waals surface area contributed by atoms with Crippen LogP contribution in [0.2, 0.25) is 0 Å². The van der Waals surface area contributed by atoms with Gasteiger partial charge in [-0.1, -0.05) is 0 Å². The van der Waals surface area contributed by atoms with Crippen molar-refractivity contribution in [2.45, 2.75) is 6.42 Å². The van der Waals surface area contributed by atoms with Gasteiger partial charge in [-0.25, -0.2) is 0 Å². The number of rotatable bonds is 6. The first-order valence-electron chi connectivity index (χ1n) is 4.79. The van der Waals surface area contributed by atoms with Crippen LogP contribution in [0.4, 0.5) is 0 Å². The summed E-state index contributed by atoms with van der Waals surface area (Å²) >= 11 is 0. The Balaban J connectivity index is 2.17. The second kappa shape index (κ2) is 6.04. The van der Waals surface area contributed by atoms with Gasteiger partial charge in [0.25, 0.3) is 0 Å². The molecule has 1 aliphatic rings. The second-order valence-electron chi connectivity index (χ2n) is 3.26. The SMILES string of the molecule is O=COS(=O)(=O)CCCN1CCOCC1. The van der Waals surface area contributed by atoms with E-state index in [1.165, 1.54) is 0 Å². The Hall–Kier alpha value is -0.660. The number of hydrogen-bond acceptors (Lipinski definition) is 6. The van der Waals surface area contributed by atoms with Crippen LogP contribution in [0.15, 0.2) is 0 Å². The Morgan fingerprint density at radius 2 is 2.00 bits per heavy atom. The highest BCUT2D eigenvalue weighted by molar-refractivity contribution is 7.87. The van der Waals surface area contributed by atoms with Gasteiger partial charge < -0.3 is 8.92 Å². The first-order chi connectivity index (χ1) is 7.14. The number of ether oxygens (including phenoxy) is 1. The van der Waals surface area contributed by atoms with Crippen molar-refractivity contribution < 1.29 is 22.1 Å². The van der Waals surface area contributed by atoms with E-state index in [-0.39, 0.29) is 12.2 Å². The van der Waals surface area contributed by atoms with Gasteiger partial charge in [0, 0.05) is 13.1 Å². The Kier molecular flexibility index (Phi) is 5.00. The molecule has 1 rings (SSSR count). The lowest BCUT2D eigenvalue weighted by atomic mass is 10.4. The van der Waals surface area contributed by atoms with Crippen LogP contribution < -0.4 is 0 Å². The summed E-state index contributed by atoms with van der Waals surface area (Å²) in [5.74, 6) is -0.122. The summed E-state index contributed by atoms with van der Waals surface area (Å²) in [7, 11) is -3.66. The van der Waals surface area contributed by atoms with Gasteiger partial charge in [0.2, 0.25) is 0 Å². The van der Waals surface area contributed by atoms with Gasteiger partial charge in [-0.05, 0) is 13.0 Å². The van der Waals surface area contributed by atoms with Crippen LogP contribution in [-0.4, -0.2) is 58.4 Å². The summed E-state index contributed by atoms with van der Waals surface area (Å²) in [6, 6.07) is 0. The van der Waals surface area contributed by atoms with Crippen molar-refractivity contribution in [3.05, 3.63) is 0 Å². The van der Waals surface area contributed by atoms with Crippen LogP contribution in [0.1, 0.15) is 6.42 Å². The van der Waals surface area contributed by atoms with Gasteiger partial charge >= 0.3 is 16.6 Å². The minimum atomic E-state index is -3.66. The summed E-state index contributed by atoms with van der Waals surface area (Å²) in [4.78, 5) is 12.0. The molecule has 0 bridgehead atoms. The number of morpholine rings is 1. The van der Waals surface area contributed by atoms with Crippen LogP contribution in [0.5, 0.6) is 0 Å². The molecule has 0 aromatic carbocycles. The van der Waals surface area contributed by atoms with Gasteiger partial charge in [-0.2, -0.15) is 8.42 Å². The lowest BCUT2D eigenvalue weighted by Crippen LogP contribution is -2.37. The van der Waals surface area contributed by atoms with Gasteiger partial charge in [0.1, 0.15) is 0 Å². The number of hydrogen-bond donors (Lipinski definition) is 0. The maximum atomic E-state index is 11.0. The normalized spacial score (nSPS) is 18.7. The molecule has 0 radical (unpaired) electrons. The van der Waals surface area contributed by atoms with Crippen LogP contribution >= 0.6 is 0 Å². The van der Waals surface area contributed by atoms with Crippen LogP contribution in [-0.2, 0) is 23.8 Å². The smallest absolute Gasteiger partial charge is 0.311 e. The van der Waals surface area contributed by atoms with Gasteiger partial charge in [0.15, 0.2) is 0 Å². The van der Waals surface area contributed by atoms with E-state index in [1.807, 2.05) is 0 Å². The average Bonchev–Trinajstić information content (AvgIpc) is 2.19. The maximum absolute atomic E-state index is 11.0. The van der Waals surface area contributed by atoms with Crippen LogP contribution in [0.3, 0.4) is 0 Å². The van der Waals surface area contributed by atoms with E-state index >= 15 is 0 Å². The number of carbonyl (C=O) groups is 1.